The van der Waals surface area contributed by atoms with Gasteiger partial charge in [0.25, 0.3) is 10.0 Å². The van der Waals surface area contributed by atoms with E-state index in [1.807, 2.05) is 4.72 Å². The van der Waals surface area contributed by atoms with Crippen molar-refractivity contribution in [3.8, 4) is 6.01 Å². The number of carbonyl (C=O) groups excluding carboxylic acids is 1. The van der Waals surface area contributed by atoms with Crippen LogP contribution in [0.15, 0.2) is 23.1 Å². The van der Waals surface area contributed by atoms with Gasteiger partial charge in [-0.15, -0.1) is 0 Å². The molecule has 12 heteroatoms. The minimum atomic E-state index is -4.47. The first kappa shape index (κ1) is 20.0. The Bertz CT molecular complexity index is 1010. The van der Waals surface area contributed by atoms with Crippen LogP contribution in [0.3, 0.4) is 0 Å². The number of nitrogens with one attached hydrogen (secondary N) is 1. The SMILES string of the molecule is COc1nc(C)nc(N(C)C(=O)NS(=O)(=O)c2c(C)cccc2C(=O)O)n1. The third-order valence-corrected chi connectivity index (χ3v) is 4.96. The standard InChI is InChI=1S/C15H17N5O6S/c1-8-6-5-7-10(12(21)22)11(8)27(24,25)19-15(23)20(3)13-16-9(2)17-14(18-13)26-4/h5-7H,1-4H3,(H,19,23)(H,21,22). The van der Waals surface area contributed by atoms with Gasteiger partial charge < -0.3 is 9.84 Å². The molecule has 1 aromatic heterocycles. The number of rotatable bonds is 5. The number of anilines is 1. The number of nitrogens with zero attached hydrogens (tertiary/aromatic N) is 4. The summed E-state index contributed by atoms with van der Waals surface area (Å²) in [4.78, 5) is 35.8. The number of methoxy groups -OCH3 is 1. The summed E-state index contributed by atoms with van der Waals surface area (Å²) in [7, 11) is -1.90. The van der Waals surface area contributed by atoms with Crippen molar-refractivity contribution in [3.63, 3.8) is 0 Å². The van der Waals surface area contributed by atoms with Gasteiger partial charge in [-0.25, -0.2) is 22.7 Å². The maximum absolute atomic E-state index is 12.6. The summed E-state index contributed by atoms with van der Waals surface area (Å²) in [5.74, 6) is -1.32. The summed E-state index contributed by atoms with van der Waals surface area (Å²) < 4.78 is 31.9. The summed E-state index contributed by atoms with van der Waals surface area (Å²) in [5, 5.41) is 9.23. The molecule has 0 radical (unpaired) electrons. The molecule has 0 bridgehead atoms. The van der Waals surface area contributed by atoms with Gasteiger partial charge in [0.2, 0.25) is 5.95 Å². The first-order chi connectivity index (χ1) is 12.6. The Morgan fingerprint density at radius 2 is 1.85 bits per heavy atom. The first-order valence-electron chi connectivity index (χ1n) is 7.47. The van der Waals surface area contributed by atoms with Crippen molar-refractivity contribution < 1.29 is 27.9 Å². The van der Waals surface area contributed by atoms with E-state index in [1.165, 1.54) is 33.2 Å². The Labute approximate surface area is 155 Å². The molecule has 11 nitrogen and oxygen atoms in total. The molecule has 0 aliphatic carbocycles. The fourth-order valence-corrected chi connectivity index (χ4v) is 3.59. The second-order valence-corrected chi connectivity index (χ2v) is 7.01. The highest BCUT2D eigenvalue weighted by atomic mass is 32.2. The van der Waals surface area contributed by atoms with Crippen molar-refractivity contribution in [1.82, 2.24) is 19.7 Å². The second-order valence-electron chi connectivity index (χ2n) is 5.40. The van der Waals surface area contributed by atoms with Gasteiger partial charge in [0.05, 0.1) is 12.7 Å². The zero-order valence-corrected chi connectivity index (χ0v) is 15.7. The van der Waals surface area contributed by atoms with E-state index in [1.54, 1.807) is 6.92 Å². The van der Waals surface area contributed by atoms with Gasteiger partial charge >= 0.3 is 18.0 Å². The topological polar surface area (TPSA) is 152 Å². The number of aromatic carboxylic acids is 1. The zero-order chi connectivity index (χ0) is 20.4. The molecular weight excluding hydrogens is 378 g/mol. The largest absolute Gasteiger partial charge is 0.478 e. The highest BCUT2D eigenvalue weighted by Crippen LogP contribution is 2.21. The number of aryl methyl sites for hydroxylation is 2. The van der Waals surface area contributed by atoms with Crippen LogP contribution in [0.1, 0.15) is 21.7 Å². The minimum Gasteiger partial charge on any atom is -0.478 e. The van der Waals surface area contributed by atoms with Gasteiger partial charge in [0, 0.05) is 7.05 Å². The van der Waals surface area contributed by atoms with Crippen LogP contribution in [0, 0.1) is 13.8 Å². The van der Waals surface area contributed by atoms with Crippen LogP contribution < -0.4 is 14.4 Å². The number of ether oxygens (including phenoxy) is 1. The highest BCUT2D eigenvalue weighted by molar-refractivity contribution is 7.90. The predicted octanol–water partition coefficient (Wildman–Crippen LogP) is 0.730. The number of carboxylic acids is 1. The first-order valence-corrected chi connectivity index (χ1v) is 8.95. The monoisotopic (exact) mass is 395 g/mol. The lowest BCUT2D eigenvalue weighted by atomic mass is 10.1. The number of aromatic nitrogens is 3. The van der Waals surface area contributed by atoms with Gasteiger partial charge in [0.15, 0.2) is 0 Å². The molecule has 2 N–H and O–H groups in total. The van der Waals surface area contributed by atoms with E-state index in [4.69, 9.17) is 4.74 Å². The van der Waals surface area contributed by atoms with Crippen LogP contribution in [0.25, 0.3) is 0 Å². The van der Waals surface area contributed by atoms with E-state index in [2.05, 4.69) is 15.0 Å². The number of sulfonamides is 1. The van der Waals surface area contributed by atoms with Crippen LogP contribution in [0.5, 0.6) is 6.01 Å². The fraction of sp³-hybridized carbons (Fsp3) is 0.267. The van der Waals surface area contributed by atoms with E-state index < -0.39 is 32.5 Å². The molecule has 2 rings (SSSR count). The molecule has 144 valence electrons. The van der Waals surface area contributed by atoms with Crippen LogP contribution in [0.4, 0.5) is 10.7 Å². The Morgan fingerprint density at radius 1 is 1.19 bits per heavy atom. The summed E-state index contributed by atoms with van der Waals surface area (Å²) in [6, 6.07) is 2.84. The summed E-state index contributed by atoms with van der Waals surface area (Å²) in [6.45, 7) is 2.97. The fourth-order valence-electron chi connectivity index (χ4n) is 2.19. The van der Waals surface area contributed by atoms with Crippen molar-refractivity contribution in [3.05, 3.63) is 35.2 Å². The second kappa shape index (κ2) is 7.53. The van der Waals surface area contributed by atoms with E-state index in [0.717, 1.165) is 11.0 Å². The van der Waals surface area contributed by atoms with Crippen molar-refractivity contribution in [1.29, 1.82) is 0 Å². The van der Waals surface area contributed by atoms with Crippen LogP contribution in [-0.4, -0.2) is 54.6 Å². The van der Waals surface area contributed by atoms with Crippen LogP contribution >= 0.6 is 0 Å². The molecule has 0 saturated heterocycles. The molecular formula is C15H17N5O6S. The van der Waals surface area contributed by atoms with Gasteiger partial charge in [-0.2, -0.15) is 15.0 Å². The Balaban J connectivity index is 2.38. The Kier molecular flexibility index (Phi) is 5.59. The number of hydrogen-bond donors (Lipinski definition) is 2. The van der Waals surface area contributed by atoms with Crippen LogP contribution in [-0.2, 0) is 10.0 Å². The number of amides is 2. The predicted molar refractivity (Wildman–Crippen MR) is 93.4 cm³/mol. The lowest BCUT2D eigenvalue weighted by molar-refractivity contribution is 0.0692. The quantitative estimate of drug-likeness (QED) is 0.746. The van der Waals surface area contributed by atoms with Crippen molar-refractivity contribution >= 4 is 28.0 Å². The van der Waals surface area contributed by atoms with Crippen LogP contribution in [0.2, 0.25) is 0 Å². The Morgan fingerprint density at radius 3 is 2.44 bits per heavy atom. The van der Waals surface area contributed by atoms with Crippen molar-refractivity contribution in [2.24, 2.45) is 0 Å². The molecule has 0 spiro atoms. The molecule has 0 aliphatic rings. The van der Waals surface area contributed by atoms with Gasteiger partial charge in [-0.05, 0) is 25.5 Å². The molecule has 1 heterocycles. The molecule has 0 aliphatic heterocycles. The third-order valence-electron chi connectivity index (χ3n) is 3.43. The lowest BCUT2D eigenvalue weighted by Crippen LogP contribution is -2.42. The molecule has 27 heavy (non-hydrogen) atoms. The molecule has 0 atom stereocenters. The number of hydrogen-bond acceptors (Lipinski definition) is 8. The summed E-state index contributed by atoms with van der Waals surface area (Å²) in [5.41, 5.74) is -0.272. The van der Waals surface area contributed by atoms with Gasteiger partial charge in [-0.3, -0.25) is 4.90 Å². The van der Waals surface area contributed by atoms with Gasteiger partial charge in [0.1, 0.15) is 10.7 Å². The number of benzene rings is 1. The summed E-state index contributed by atoms with van der Waals surface area (Å²) in [6.07, 6.45) is 0. The molecule has 0 saturated carbocycles. The average molecular weight is 395 g/mol. The van der Waals surface area contributed by atoms with E-state index in [-0.39, 0.29) is 23.3 Å². The molecule has 2 aromatic rings. The maximum atomic E-state index is 12.6. The van der Waals surface area contributed by atoms with E-state index in [0.29, 0.717) is 0 Å². The lowest BCUT2D eigenvalue weighted by Gasteiger charge is -2.18. The molecule has 1 aromatic carbocycles. The van der Waals surface area contributed by atoms with E-state index in [9.17, 15) is 23.1 Å². The molecule has 0 unspecified atom stereocenters. The number of carbonyl (C=O) groups is 2. The molecule has 0 fully saturated rings. The van der Waals surface area contributed by atoms with E-state index >= 15 is 0 Å². The normalized spacial score (nSPS) is 11.0. The van der Waals surface area contributed by atoms with Crippen molar-refractivity contribution in [2.45, 2.75) is 18.7 Å². The maximum Gasteiger partial charge on any atom is 0.337 e. The zero-order valence-electron chi connectivity index (χ0n) is 14.9. The van der Waals surface area contributed by atoms with Gasteiger partial charge in [-0.1, -0.05) is 12.1 Å². The number of urea groups is 1. The number of carboxylic acid groups (broad SMARTS) is 1. The minimum absolute atomic E-state index is 0.0490. The third kappa shape index (κ3) is 4.28. The Hall–Kier alpha value is -3.28. The molecule has 2 amide bonds. The summed E-state index contributed by atoms with van der Waals surface area (Å²) >= 11 is 0. The highest BCUT2D eigenvalue weighted by Gasteiger charge is 2.28. The average Bonchev–Trinajstić information content (AvgIpc) is 2.59. The van der Waals surface area contributed by atoms with Crippen molar-refractivity contribution in [2.75, 3.05) is 19.1 Å². The smallest absolute Gasteiger partial charge is 0.337 e.